The van der Waals surface area contributed by atoms with Gasteiger partial charge in [-0.3, -0.25) is 9.56 Å². The molecule has 0 saturated heterocycles. The lowest BCUT2D eigenvalue weighted by Crippen LogP contribution is -2.06. The van der Waals surface area contributed by atoms with Gasteiger partial charge in [-0.1, -0.05) is 12.1 Å². The topological polar surface area (TPSA) is 100 Å². The van der Waals surface area contributed by atoms with Gasteiger partial charge in [0.2, 0.25) is 5.95 Å². The number of nitrogen functional groups attached to an aromatic ring is 1. The molecule has 0 amide bonds. The molecule has 0 spiro atoms. The summed E-state index contributed by atoms with van der Waals surface area (Å²) in [7, 11) is 3.37. The van der Waals surface area contributed by atoms with Crippen LogP contribution in [0.3, 0.4) is 0 Å². The van der Waals surface area contributed by atoms with Gasteiger partial charge in [-0.05, 0) is 43.2 Å². The number of anilines is 1. The smallest absolute Gasteiger partial charge is 0.202 e. The van der Waals surface area contributed by atoms with Crippen molar-refractivity contribution < 1.29 is 9.47 Å². The van der Waals surface area contributed by atoms with Gasteiger partial charge in [-0.2, -0.15) is 0 Å². The summed E-state index contributed by atoms with van der Waals surface area (Å²) in [5.74, 6) is 1.71. The van der Waals surface area contributed by atoms with Crippen molar-refractivity contribution >= 4 is 40.2 Å². The van der Waals surface area contributed by atoms with Crippen LogP contribution < -0.4 is 15.2 Å². The van der Waals surface area contributed by atoms with Crippen molar-refractivity contribution in [2.45, 2.75) is 27.0 Å². The summed E-state index contributed by atoms with van der Waals surface area (Å²) in [5.41, 5.74) is 11.5. The van der Waals surface area contributed by atoms with E-state index in [0.29, 0.717) is 30.6 Å². The van der Waals surface area contributed by atoms with Crippen LogP contribution >= 0.6 is 11.3 Å². The molecule has 0 aliphatic heterocycles. The first-order chi connectivity index (χ1) is 16.0. The van der Waals surface area contributed by atoms with Crippen molar-refractivity contribution in [3.8, 4) is 11.5 Å². The first-order valence-electron chi connectivity index (χ1n) is 10.4. The Bertz CT molecular complexity index is 1340. The monoisotopic (exact) mass is 462 g/mol. The largest absolute Gasteiger partial charge is 0.493 e. The Balaban J connectivity index is 1.57. The molecule has 0 aliphatic carbocycles. The van der Waals surface area contributed by atoms with Gasteiger partial charge in [0.15, 0.2) is 17.1 Å². The molecule has 1 aromatic carbocycles. The fourth-order valence-electron chi connectivity index (χ4n) is 3.54. The highest BCUT2D eigenvalue weighted by atomic mass is 32.1. The Kier molecular flexibility index (Phi) is 6.69. The molecule has 9 heteroatoms. The lowest BCUT2D eigenvalue weighted by molar-refractivity contribution is 0.281. The number of hydrogen-bond acceptors (Lipinski definition) is 8. The summed E-state index contributed by atoms with van der Waals surface area (Å²) in [5, 5.41) is 3.01. The van der Waals surface area contributed by atoms with Gasteiger partial charge in [0.05, 0.1) is 24.4 Å². The molecule has 170 valence electrons. The normalized spacial score (nSPS) is 12.1. The number of nitrogens with two attached hydrogens (primary N) is 1. The fourth-order valence-corrected chi connectivity index (χ4v) is 4.13. The number of imidazole rings is 1. The predicted octanol–water partition coefficient (Wildman–Crippen LogP) is 4.52. The summed E-state index contributed by atoms with van der Waals surface area (Å²) in [6.07, 6.45) is 5.60. The number of aliphatic imine (C=N–C) groups is 1. The van der Waals surface area contributed by atoms with Gasteiger partial charge < -0.3 is 15.2 Å². The van der Waals surface area contributed by atoms with Gasteiger partial charge in [0, 0.05) is 30.4 Å². The molecule has 8 nitrogen and oxygen atoms in total. The maximum absolute atomic E-state index is 6.24. The zero-order chi connectivity index (χ0) is 23.4. The van der Waals surface area contributed by atoms with Crippen molar-refractivity contribution in [2.24, 2.45) is 4.99 Å². The van der Waals surface area contributed by atoms with Gasteiger partial charge in [0.1, 0.15) is 12.1 Å². The minimum Gasteiger partial charge on any atom is -0.493 e. The average Bonchev–Trinajstić information content (AvgIpc) is 3.38. The number of benzene rings is 1. The molecule has 3 heterocycles. The third kappa shape index (κ3) is 4.88. The first-order valence-corrected chi connectivity index (χ1v) is 11.3. The summed E-state index contributed by atoms with van der Waals surface area (Å²) in [6.45, 7) is 4.84. The second-order valence-corrected chi connectivity index (χ2v) is 8.45. The van der Waals surface area contributed by atoms with Gasteiger partial charge in [0.25, 0.3) is 0 Å². The lowest BCUT2D eigenvalue weighted by Gasteiger charge is -2.12. The summed E-state index contributed by atoms with van der Waals surface area (Å²) >= 11 is 1.60. The standard InChI is InChI=1S/C24H26N6O2S/c1-5-17(10-26-3)18-9-20-23(27-11-18)30(24(25)29-20)12-16-6-7-21(22(8-16)31-4)32-13-19-14-33-15(2)28-19/h5-11,14H,12-13H2,1-4H3,(H2,25,29)/b17-5+,26-10-. The van der Waals surface area contributed by atoms with Crippen LogP contribution in [0.1, 0.15) is 28.8 Å². The minimum atomic E-state index is 0.391. The van der Waals surface area contributed by atoms with Crippen molar-refractivity contribution in [3.63, 3.8) is 0 Å². The number of aromatic nitrogens is 4. The highest BCUT2D eigenvalue weighted by molar-refractivity contribution is 7.09. The van der Waals surface area contributed by atoms with Crippen molar-refractivity contribution in [3.05, 3.63) is 63.7 Å². The van der Waals surface area contributed by atoms with E-state index in [1.165, 1.54) is 0 Å². The molecule has 4 rings (SSSR count). The molecule has 33 heavy (non-hydrogen) atoms. The number of pyridine rings is 1. The number of aryl methyl sites for hydroxylation is 1. The third-order valence-corrected chi connectivity index (χ3v) is 5.96. The number of allylic oxidation sites excluding steroid dienone is 2. The molecule has 0 radical (unpaired) electrons. The zero-order valence-electron chi connectivity index (χ0n) is 19.1. The quantitative estimate of drug-likeness (QED) is 0.387. The number of ether oxygens (including phenoxy) is 2. The highest BCUT2D eigenvalue weighted by Crippen LogP contribution is 2.30. The molecule has 0 atom stereocenters. The Morgan fingerprint density at radius 1 is 1.24 bits per heavy atom. The van der Waals surface area contributed by atoms with E-state index in [1.54, 1.807) is 31.7 Å². The molecular weight excluding hydrogens is 436 g/mol. The summed E-state index contributed by atoms with van der Waals surface area (Å²) in [4.78, 5) is 17.7. The molecule has 0 bridgehead atoms. The van der Waals surface area contributed by atoms with Crippen LogP contribution in [0.15, 0.2) is 46.9 Å². The Labute approximate surface area is 196 Å². The summed E-state index contributed by atoms with van der Waals surface area (Å²) in [6, 6.07) is 7.80. The van der Waals surface area contributed by atoms with E-state index in [2.05, 4.69) is 19.9 Å². The Morgan fingerprint density at radius 3 is 2.79 bits per heavy atom. The summed E-state index contributed by atoms with van der Waals surface area (Å²) < 4.78 is 13.4. The van der Waals surface area contributed by atoms with Crippen LogP contribution in [-0.2, 0) is 13.2 Å². The number of fused-ring (bicyclic) bond motifs is 1. The van der Waals surface area contributed by atoms with Crippen LogP contribution in [-0.4, -0.2) is 39.9 Å². The highest BCUT2D eigenvalue weighted by Gasteiger charge is 2.14. The van der Waals surface area contributed by atoms with Gasteiger partial charge >= 0.3 is 0 Å². The number of thiazole rings is 1. The Morgan fingerprint density at radius 2 is 2.09 bits per heavy atom. The number of methoxy groups -OCH3 is 1. The number of nitrogens with zero attached hydrogens (tertiary/aromatic N) is 5. The van der Waals surface area contributed by atoms with E-state index in [-0.39, 0.29) is 0 Å². The fraction of sp³-hybridized carbons (Fsp3) is 0.250. The van der Waals surface area contributed by atoms with Crippen molar-refractivity contribution in [2.75, 3.05) is 19.9 Å². The van der Waals surface area contributed by atoms with E-state index in [4.69, 9.17) is 15.2 Å². The maximum atomic E-state index is 6.24. The van der Waals surface area contributed by atoms with Crippen LogP contribution in [0.25, 0.3) is 16.7 Å². The number of hydrogen-bond donors (Lipinski definition) is 1. The van der Waals surface area contributed by atoms with Crippen molar-refractivity contribution in [1.82, 2.24) is 19.5 Å². The average molecular weight is 463 g/mol. The lowest BCUT2D eigenvalue weighted by atomic mass is 10.1. The van der Waals surface area contributed by atoms with Crippen LogP contribution in [0, 0.1) is 6.92 Å². The molecule has 0 aliphatic rings. The van der Waals surface area contributed by atoms with E-state index in [1.807, 2.05) is 60.3 Å². The molecule has 0 saturated carbocycles. The van der Waals surface area contributed by atoms with E-state index < -0.39 is 0 Å². The van der Waals surface area contributed by atoms with Gasteiger partial charge in [-0.15, -0.1) is 11.3 Å². The van der Waals surface area contributed by atoms with E-state index in [9.17, 15) is 0 Å². The first kappa shape index (κ1) is 22.5. The van der Waals surface area contributed by atoms with Crippen LogP contribution in [0.5, 0.6) is 11.5 Å². The van der Waals surface area contributed by atoms with E-state index >= 15 is 0 Å². The molecule has 0 unspecified atom stereocenters. The molecule has 3 aromatic heterocycles. The number of rotatable bonds is 8. The molecule has 0 fully saturated rings. The van der Waals surface area contributed by atoms with Gasteiger partial charge in [-0.25, -0.2) is 15.0 Å². The maximum Gasteiger partial charge on any atom is 0.202 e. The van der Waals surface area contributed by atoms with Crippen molar-refractivity contribution in [1.29, 1.82) is 0 Å². The minimum absolute atomic E-state index is 0.391. The molecule has 2 N–H and O–H groups in total. The Hall–Kier alpha value is -3.72. The second kappa shape index (κ2) is 9.83. The van der Waals surface area contributed by atoms with Crippen LogP contribution in [0.4, 0.5) is 5.95 Å². The molecule has 4 aromatic rings. The van der Waals surface area contributed by atoms with E-state index in [0.717, 1.165) is 38.6 Å². The van der Waals surface area contributed by atoms with Crippen LogP contribution in [0.2, 0.25) is 0 Å². The second-order valence-electron chi connectivity index (χ2n) is 7.39. The third-order valence-electron chi connectivity index (χ3n) is 5.14. The zero-order valence-corrected chi connectivity index (χ0v) is 19.9. The predicted molar refractivity (Wildman–Crippen MR) is 133 cm³/mol. The molecular formula is C24H26N6O2S. The SMILES string of the molecule is C/C=C(\C=N/C)c1cnc2c(c1)nc(N)n2Cc1ccc(OCc2csc(C)n2)c(OC)c1.